The lowest BCUT2D eigenvalue weighted by Gasteiger charge is -2.59. The number of rotatable bonds is 4. The number of hydrogen-bond acceptors (Lipinski definition) is 2. The number of fused-ring (bicyclic) bond motifs is 5. The maximum atomic E-state index is 11.7. The average Bonchev–Trinajstić information content (AvgIpc) is 3.34. The summed E-state index contributed by atoms with van der Waals surface area (Å²) < 4.78 is 0. The summed E-state index contributed by atoms with van der Waals surface area (Å²) in [6, 6.07) is 0. The number of aliphatic hydroxyl groups is 2. The molecule has 2 nitrogen and oxygen atoms in total. The van der Waals surface area contributed by atoms with Crippen LogP contribution < -0.4 is 0 Å². The Bertz CT molecular complexity index is 774. The highest BCUT2D eigenvalue weighted by molar-refractivity contribution is 5.27. The number of allylic oxidation sites excluding steroid dienone is 5. The van der Waals surface area contributed by atoms with E-state index in [1.807, 2.05) is 0 Å². The van der Waals surface area contributed by atoms with Crippen molar-refractivity contribution in [2.75, 3.05) is 0 Å². The van der Waals surface area contributed by atoms with E-state index in [-0.39, 0.29) is 11.5 Å². The van der Waals surface area contributed by atoms with Crippen molar-refractivity contribution in [3.63, 3.8) is 0 Å². The Balaban J connectivity index is 1.35. The van der Waals surface area contributed by atoms with E-state index >= 15 is 0 Å². The topological polar surface area (TPSA) is 40.5 Å². The van der Waals surface area contributed by atoms with Crippen LogP contribution in [0.5, 0.6) is 0 Å². The lowest BCUT2D eigenvalue weighted by atomic mass is 9.46. The quantitative estimate of drug-likeness (QED) is 0.531. The third-order valence-corrected chi connectivity index (χ3v) is 10.6. The van der Waals surface area contributed by atoms with Crippen molar-refractivity contribution in [1.82, 2.24) is 0 Å². The molecule has 5 aliphatic carbocycles. The maximum Gasteiger partial charge on any atom is 0.0656 e. The number of aliphatic hydroxyl groups excluding tert-OH is 1. The van der Waals surface area contributed by atoms with Crippen LogP contribution in [0.2, 0.25) is 0 Å². The third-order valence-electron chi connectivity index (χ3n) is 10.6. The van der Waals surface area contributed by atoms with Crippen LogP contribution >= 0.6 is 0 Å². The molecular formula is C28H42O2. The first-order chi connectivity index (χ1) is 14.2. The van der Waals surface area contributed by atoms with Crippen LogP contribution in [0.3, 0.4) is 0 Å². The predicted octanol–water partition coefficient (Wildman–Crippen LogP) is 6.34. The minimum absolute atomic E-state index is 0.120. The molecule has 0 aliphatic heterocycles. The Morgan fingerprint density at radius 1 is 1.07 bits per heavy atom. The standard InChI is InChI=1S/C28H42O2/c1-26-15-13-21(29)18-20(26)8-9-22-23-10-11-25(27(23,2)16-14-24(22)26)28(3,30)17-12-19-6-4-5-7-19/h4,6-8,21-25,29-30H,5,9-18H2,1-3H3/t21-,22-,23-,24-,25-,26-,27-,28+/m0/s1. The summed E-state index contributed by atoms with van der Waals surface area (Å²) in [6.45, 7) is 7.18. The highest BCUT2D eigenvalue weighted by Crippen LogP contribution is 2.67. The van der Waals surface area contributed by atoms with E-state index in [9.17, 15) is 10.2 Å². The summed E-state index contributed by atoms with van der Waals surface area (Å²) in [6.07, 6.45) is 21.5. The fourth-order valence-electron chi connectivity index (χ4n) is 8.93. The number of hydrogen-bond donors (Lipinski definition) is 2. The molecular weight excluding hydrogens is 368 g/mol. The first-order valence-corrected chi connectivity index (χ1v) is 12.7. The molecule has 0 spiro atoms. The van der Waals surface area contributed by atoms with Crippen molar-refractivity contribution in [1.29, 1.82) is 0 Å². The minimum atomic E-state index is -0.567. The Morgan fingerprint density at radius 2 is 1.90 bits per heavy atom. The van der Waals surface area contributed by atoms with Gasteiger partial charge in [0.25, 0.3) is 0 Å². The Kier molecular flexibility index (Phi) is 5.14. The molecule has 5 rings (SSSR count). The summed E-state index contributed by atoms with van der Waals surface area (Å²) in [4.78, 5) is 0. The van der Waals surface area contributed by atoms with Crippen molar-refractivity contribution in [3.8, 4) is 0 Å². The van der Waals surface area contributed by atoms with Crippen molar-refractivity contribution in [2.45, 2.75) is 103 Å². The third kappa shape index (κ3) is 3.20. The van der Waals surface area contributed by atoms with E-state index < -0.39 is 5.60 Å². The zero-order chi connectivity index (χ0) is 21.1. The highest BCUT2D eigenvalue weighted by Gasteiger charge is 2.61. The van der Waals surface area contributed by atoms with Gasteiger partial charge in [0, 0.05) is 0 Å². The summed E-state index contributed by atoms with van der Waals surface area (Å²) in [5.41, 5.74) is 3.00. The van der Waals surface area contributed by atoms with Gasteiger partial charge in [0.15, 0.2) is 0 Å². The molecule has 166 valence electrons. The molecule has 3 saturated carbocycles. The maximum absolute atomic E-state index is 11.7. The zero-order valence-electron chi connectivity index (χ0n) is 19.4. The Hall–Kier alpha value is -0.860. The van der Waals surface area contributed by atoms with Gasteiger partial charge >= 0.3 is 0 Å². The molecule has 0 aromatic heterocycles. The second-order valence-corrected chi connectivity index (χ2v) is 12.1. The van der Waals surface area contributed by atoms with Crippen molar-refractivity contribution < 1.29 is 10.2 Å². The molecule has 2 N–H and O–H groups in total. The molecule has 0 aromatic carbocycles. The molecule has 0 amide bonds. The average molecular weight is 411 g/mol. The van der Waals surface area contributed by atoms with Gasteiger partial charge in [0.2, 0.25) is 0 Å². The monoisotopic (exact) mass is 410 g/mol. The van der Waals surface area contributed by atoms with E-state index in [1.54, 1.807) is 5.57 Å². The van der Waals surface area contributed by atoms with Crippen LogP contribution in [0.4, 0.5) is 0 Å². The second kappa shape index (κ2) is 7.34. The van der Waals surface area contributed by atoms with Gasteiger partial charge in [-0.25, -0.2) is 0 Å². The fraction of sp³-hybridized carbons (Fsp3) is 0.786. The van der Waals surface area contributed by atoms with Gasteiger partial charge in [0.1, 0.15) is 0 Å². The van der Waals surface area contributed by atoms with E-state index in [2.05, 4.69) is 45.1 Å². The normalized spacial score (nSPS) is 47.0. The van der Waals surface area contributed by atoms with Crippen LogP contribution in [0.25, 0.3) is 0 Å². The van der Waals surface area contributed by atoms with E-state index in [0.29, 0.717) is 11.3 Å². The fourth-order valence-corrected chi connectivity index (χ4v) is 8.93. The van der Waals surface area contributed by atoms with Gasteiger partial charge in [0.05, 0.1) is 11.7 Å². The van der Waals surface area contributed by atoms with Crippen molar-refractivity contribution in [3.05, 3.63) is 35.5 Å². The molecule has 0 heterocycles. The van der Waals surface area contributed by atoms with Crippen LogP contribution in [0.15, 0.2) is 35.5 Å². The first kappa shape index (κ1) is 21.0. The molecule has 0 unspecified atom stereocenters. The molecule has 8 atom stereocenters. The zero-order valence-corrected chi connectivity index (χ0v) is 19.4. The summed E-state index contributed by atoms with van der Waals surface area (Å²) >= 11 is 0. The molecule has 0 radical (unpaired) electrons. The second-order valence-electron chi connectivity index (χ2n) is 12.1. The summed E-state index contributed by atoms with van der Waals surface area (Å²) in [5.74, 6) is 2.72. The molecule has 2 heteroatoms. The molecule has 30 heavy (non-hydrogen) atoms. The SMILES string of the molecule is C[C@]12CC[C@H]3[C@@H](CC=C4C[C@@H](O)CC[C@@]43C)[C@@H]1CC[C@@H]2[C@](C)(O)CCC1=CCC=C1. The van der Waals surface area contributed by atoms with Crippen LogP contribution in [-0.2, 0) is 0 Å². The predicted molar refractivity (Wildman–Crippen MR) is 123 cm³/mol. The Labute approximate surface area is 183 Å². The summed E-state index contributed by atoms with van der Waals surface area (Å²) in [7, 11) is 0. The van der Waals surface area contributed by atoms with E-state index in [0.717, 1.165) is 56.3 Å². The van der Waals surface area contributed by atoms with Gasteiger partial charge in [-0.15, -0.1) is 0 Å². The lowest BCUT2D eigenvalue weighted by Crippen LogP contribution is -2.53. The van der Waals surface area contributed by atoms with Crippen molar-refractivity contribution in [2.24, 2.45) is 34.5 Å². The van der Waals surface area contributed by atoms with Crippen LogP contribution in [-0.4, -0.2) is 21.9 Å². The van der Waals surface area contributed by atoms with E-state index in [4.69, 9.17) is 0 Å². The van der Waals surface area contributed by atoms with Gasteiger partial charge in [-0.3, -0.25) is 0 Å². The van der Waals surface area contributed by atoms with Crippen LogP contribution in [0, 0.1) is 34.5 Å². The molecule has 0 bridgehead atoms. The Morgan fingerprint density at radius 3 is 2.67 bits per heavy atom. The van der Waals surface area contributed by atoms with Gasteiger partial charge in [-0.2, -0.15) is 0 Å². The summed E-state index contributed by atoms with van der Waals surface area (Å²) in [5, 5.41) is 21.9. The van der Waals surface area contributed by atoms with Gasteiger partial charge < -0.3 is 10.2 Å². The lowest BCUT2D eigenvalue weighted by molar-refractivity contribution is -0.104. The van der Waals surface area contributed by atoms with Gasteiger partial charge in [-0.05, 0) is 112 Å². The minimum Gasteiger partial charge on any atom is -0.393 e. The van der Waals surface area contributed by atoms with Crippen LogP contribution in [0.1, 0.15) is 91.4 Å². The first-order valence-electron chi connectivity index (χ1n) is 12.7. The van der Waals surface area contributed by atoms with E-state index in [1.165, 1.54) is 37.7 Å². The largest absolute Gasteiger partial charge is 0.393 e. The van der Waals surface area contributed by atoms with Crippen molar-refractivity contribution >= 4 is 0 Å². The molecule has 0 aromatic rings. The van der Waals surface area contributed by atoms with Gasteiger partial charge in [-0.1, -0.05) is 49.3 Å². The smallest absolute Gasteiger partial charge is 0.0656 e. The highest BCUT2D eigenvalue weighted by atomic mass is 16.3. The molecule has 5 aliphatic rings. The molecule has 0 saturated heterocycles. The molecule has 3 fully saturated rings.